The highest BCUT2D eigenvalue weighted by molar-refractivity contribution is 7.07. The van der Waals surface area contributed by atoms with Gasteiger partial charge in [-0.25, -0.2) is 9.79 Å². The van der Waals surface area contributed by atoms with Crippen molar-refractivity contribution in [3.05, 3.63) is 101 Å². The summed E-state index contributed by atoms with van der Waals surface area (Å²) in [5.74, 6) is 0.488. The SMILES string of the molecule is C=CCOC(=O)C1=C(C)N=c2s/c(=C\c3ccc(Cl)cc3Cl)c(=O)n2C1c1ccc(OCCCC)c(OC)c1. The van der Waals surface area contributed by atoms with Crippen LogP contribution in [-0.4, -0.2) is 30.9 Å². The van der Waals surface area contributed by atoms with Gasteiger partial charge in [-0.05, 0) is 54.8 Å². The van der Waals surface area contributed by atoms with Crippen molar-refractivity contribution < 1.29 is 19.0 Å². The molecule has 4 rings (SSSR count). The summed E-state index contributed by atoms with van der Waals surface area (Å²) in [4.78, 5) is 32.1. The number of allylic oxidation sites excluding steroid dienone is 1. The van der Waals surface area contributed by atoms with E-state index in [1.165, 1.54) is 22.0 Å². The van der Waals surface area contributed by atoms with Crippen molar-refractivity contribution in [1.29, 1.82) is 0 Å². The van der Waals surface area contributed by atoms with Gasteiger partial charge in [-0.15, -0.1) is 0 Å². The first-order valence-corrected chi connectivity index (χ1v) is 13.9. The van der Waals surface area contributed by atoms with E-state index in [0.29, 0.717) is 54.3 Å². The number of benzene rings is 2. The third-order valence-corrected chi connectivity index (χ3v) is 7.63. The maximum absolute atomic E-state index is 13.8. The Morgan fingerprint density at radius 1 is 1.21 bits per heavy atom. The molecule has 0 radical (unpaired) electrons. The van der Waals surface area contributed by atoms with Gasteiger partial charge >= 0.3 is 5.97 Å². The maximum atomic E-state index is 13.8. The van der Waals surface area contributed by atoms with Crippen LogP contribution in [0.1, 0.15) is 43.9 Å². The van der Waals surface area contributed by atoms with Gasteiger partial charge in [0.1, 0.15) is 6.61 Å². The smallest absolute Gasteiger partial charge is 0.338 e. The average Bonchev–Trinajstić information content (AvgIpc) is 3.22. The van der Waals surface area contributed by atoms with Crippen LogP contribution in [0.4, 0.5) is 0 Å². The highest BCUT2D eigenvalue weighted by atomic mass is 35.5. The van der Waals surface area contributed by atoms with Crippen molar-refractivity contribution in [3.63, 3.8) is 0 Å². The van der Waals surface area contributed by atoms with Gasteiger partial charge < -0.3 is 14.2 Å². The summed E-state index contributed by atoms with van der Waals surface area (Å²) in [5.41, 5.74) is 1.67. The standard InChI is InChI=1S/C29H28Cl2N2O5S/c1-5-7-13-37-22-11-9-19(14-23(22)36-4)26-25(28(35)38-12-6-2)17(3)32-29-33(26)27(34)24(39-29)15-18-8-10-20(30)16-21(18)31/h6,8-11,14-16,26H,2,5,7,12-13H2,1,3-4H3/b24-15-. The lowest BCUT2D eigenvalue weighted by atomic mass is 9.95. The van der Waals surface area contributed by atoms with Crippen molar-refractivity contribution >= 4 is 46.6 Å². The van der Waals surface area contributed by atoms with Gasteiger partial charge in [0.2, 0.25) is 0 Å². The lowest BCUT2D eigenvalue weighted by Crippen LogP contribution is -2.40. The second-order valence-electron chi connectivity index (χ2n) is 8.75. The molecule has 0 bridgehead atoms. The molecule has 10 heteroatoms. The summed E-state index contributed by atoms with van der Waals surface area (Å²) in [6.45, 7) is 8.00. The van der Waals surface area contributed by atoms with E-state index in [-0.39, 0.29) is 17.7 Å². The van der Waals surface area contributed by atoms with Crippen LogP contribution in [0.5, 0.6) is 11.5 Å². The number of carbonyl (C=O) groups excluding carboxylic acids is 1. The second kappa shape index (κ2) is 12.7. The molecule has 39 heavy (non-hydrogen) atoms. The van der Waals surface area contributed by atoms with Gasteiger partial charge in [-0.1, -0.05) is 72.7 Å². The van der Waals surface area contributed by atoms with Gasteiger partial charge in [0.05, 0.1) is 35.6 Å². The summed E-state index contributed by atoms with van der Waals surface area (Å²) in [7, 11) is 1.55. The summed E-state index contributed by atoms with van der Waals surface area (Å²) < 4.78 is 18.8. The molecular formula is C29H28Cl2N2O5S. The summed E-state index contributed by atoms with van der Waals surface area (Å²) in [6.07, 6.45) is 5.08. The van der Waals surface area contributed by atoms with E-state index in [2.05, 4.69) is 18.5 Å². The van der Waals surface area contributed by atoms with Crippen LogP contribution >= 0.6 is 34.5 Å². The quantitative estimate of drug-likeness (QED) is 0.179. The van der Waals surface area contributed by atoms with Crippen LogP contribution in [0.2, 0.25) is 10.0 Å². The Morgan fingerprint density at radius 2 is 2.00 bits per heavy atom. The van der Waals surface area contributed by atoms with E-state index in [1.54, 1.807) is 50.4 Å². The molecular weight excluding hydrogens is 559 g/mol. The van der Waals surface area contributed by atoms with E-state index in [4.69, 9.17) is 37.4 Å². The van der Waals surface area contributed by atoms with Crippen LogP contribution in [0.15, 0.2) is 70.1 Å². The van der Waals surface area contributed by atoms with Gasteiger partial charge in [0.15, 0.2) is 16.3 Å². The molecule has 0 N–H and O–H groups in total. The Morgan fingerprint density at radius 3 is 2.69 bits per heavy atom. The number of nitrogens with zero attached hydrogens (tertiary/aromatic N) is 2. The Hall–Kier alpha value is -3.33. The molecule has 1 aliphatic heterocycles. The molecule has 0 fully saturated rings. The highest BCUT2D eigenvalue weighted by Crippen LogP contribution is 2.36. The molecule has 0 aliphatic carbocycles. The Labute approximate surface area is 240 Å². The third-order valence-electron chi connectivity index (χ3n) is 6.08. The Kier molecular flexibility index (Phi) is 9.32. The van der Waals surface area contributed by atoms with Crippen molar-refractivity contribution in [2.24, 2.45) is 4.99 Å². The number of hydrogen-bond donors (Lipinski definition) is 0. The minimum absolute atomic E-state index is 0.0232. The number of carbonyl (C=O) groups is 1. The van der Waals surface area contributed by atoms with Crippen molar-refractivity contribution in [1.82, 2.24) is 4.57 Å². The minimum Gasteiger partial charge on any atom is -0.493 e. The second-order valence-corrected chi connectivity index (χ2v) is 10.6. The number of halogens is 2. The van der Waals surface area contributed by atoms with Crippen molar-refractivity contribution in [2.45, 2.75) is 32.7 Å². The van der Waals surface area contributed by atoms with Crippen LogP contribution < -0.4 is 24.4 Å². The van der Waals surface area contributed by atoms with Crippen molar-refractivity contribution in [3.8, 4) is 11.5 Å². The lowest BCUT2D eigenvalue weighted by Gasteiger charge is -2.25. The minimum atomic E-state index is -0.806. The number of methoxy groups -OCH3 is 1. The van der Waals surface area contributed by atoms with Crippen LogP contribution in [-0.2, 0) is 9.53 Å². The van der Waals surface area contributed by atoms with Crippen molar-refractivity contribution in [2.75, 3.05) is 20.3 Å². The lowest BCUT2D eigenvalue weighted by molar-refractivity contribution is -0.138. The molecule has 1 unspecified atom stereocenters. The number of thiazole rings is 1. The fourth-order valence-corrected chi connectivity index (χ4v) is 5.67. The fourth-order valence-electron chi connectivity index (χ4n) is 4.17. The zero-order valence-corrected chi connectivity index (χ0v) is 24.2. The molecule has 0 saturated heterocycles. The molecule has 2 heterocycles. The summed E-state index contributed by atoms with van der Waals surface area (Å²) in [5, 5.41) is 0.908. The first kappa shape index (κ1) is 28.7. The van der Waals surface area contributed by atoms with Crippen LogP contribution in [0.25, 0.3) is 6.08 Å². The molecule has 1 aliphatic rings. The number of esters is 1. The topological polar surface area (TPSA) is 79.1 Å². The van der Waals surface area contributed by atoms with E-state index >= 15 is 0 Å². The molecule has 1 aromatic heterocycles. The average molecular weight is 588 g/mol. The first-order chi connectivity index (χ1) is 18.8. The zero-order valence-electron chi connectivity index (χ0n) is 21.8. The number of fused-ring (bicyclic) bond motifs is 1. The number of rotatable bonds is 10. The molecule has 0 saturated carbocycles. The first-order valence-electron chi connectivity index (χ1n) is 12.3. The van der Waals surface area contributed by atoms with Crippen LogP contribution in [0, 0.1) is 0 Å². The largest absolute Gasteiger partial charge is 0.493 e. The summed E-state index contributed by atoms with van der Waals surface area (Å²) in [6, 6.07) is 9.64. The third kappa shape index (κ3) is 6.13. The van der Waals surface area contributed by atoms with Gasteiger partial charge in [0.25, 0.3) is 5.56 Å². The van der Waals surface area contributed by atoms with E-state index < -0.39 is 12.0 Å². The predicted molar refractivity (Wildman–Crippen MR) is 155 cm³/mol. The monoisotopic (exact) mass is 586 g/mol. The van der Waals surface area contributed by atoms with E-state index in [9.17, 15) is 9.59 Å². The van der Waals surface area contributed by atoms with Gasteiger partial charge in [0, 0.05) is 10.0 Å². The maximum Gasteiger partial charge on any atom is 0.338 e. The van der Waals surface area contributed by atoms with Gasteiger partial charge in [-0.2, -0.15) is 0 Å². The van der Waals surface area contributed by atoms with E-state index in [1.807, 2.05) is 6.07 Å². The molecule has 204 valence electrons. The normalized spacial score (nSPS) is 15.0. The van der Waals surface area contributed by atoms with Gasteiger partial charge in [-0.3, -0.25) is 9.36 Å². The molecule has 0 spiro atoms. The molecule has 3 aromatic rings. The molecule has 0 amide bonds. The fraction of sp³-hybridized carbons (Fsp3) is 0.276. The number of ether oxygens (including phenoxy) is 3. The van der Waals surface area contributed by atoms with Crippen LogP contribution in [0.3, 0.4) is 0 Å². The Bertz CT molecular complexity index is 1620. The molecule has 7 nitrogen and oxygen atoms in total. The predicted octanol–water partition coefficient (Wildman–Crippen LogP) is 5.46. The Balaban J connectivity index is 1.90. The zero-order chi connectivity index (χ0) is 28.1. The summed E-state index contributed by atoms with van der Waals surface area (Å²) >= 11 is 13.6. The van der Waals surface area contributed by atoms with E-state index in [0.717, 1.165) is 12.8 Å². The molecule has 1 atom stereocenters. The highest BCUT2D eigenvalue weighted by Gasteiger charge is 2.34. The number of unbranched alkanes of at least 4 members (excludes halogenated alkanes) is 1. The number of hydrogen-bond acceptors (Lipinski definition) is 7. The molecule has 2 aromatic carbocycles. The number of aromatic nitrogens is 1.